The molecule has 1 aromatic heterocycles. The topological polar surface area (TPSA) is 96.6 Å². The van der Waals surface area contributed by atoms with Crippen molar-refractivity contribution in [2.24, 2.45) is 5.73 Å². The van der Waals surface area contributed by atoms with Crippen LogP contribution in [0.2, 0.25) is 0 Å². The van der Waals surface area contributed by atoms with Gasteiger partial charge in [0.15, 0.2) is 5.82 Å². The van der Waals surface area contributed by atoms with Crippen LogP contribution in [-0.4, -0.2) is 36.2 Å². The molecule has 29 heavy (non-hydrogen) atoms. The monoisotopic (exact) mass is 393 g/mol. The molecule has 1 atom stereocenters. The molecule has 0 amide bonds. The van der Waals surface area contributed by atoms with Crippen LogP contribution in [0.3, 0.4) is 0 Å². The molecule has 0 fully saturated rings. The number of rotatable bonds is 8. The van der Waals surface area contributed by atoms with Crippen LogP contribution < -0.4 is 15.2 Å². The highest BCUT2D eigenvalue weighted by Gasteiger charge is 2.17. The highest BCUT2D eigenvalue weighted by atomic mass is 16.5. The third-order valence-corrected chi connectivity index (χ3v) is 4.35. The lowest BCUT2D eigenvalue weighted by Gasteiger charge is -2.14. The highest BCUT2D eigenvalue weighted by Crippen LogP contribution is 2.27. The van der Waals surface area contributed by atoms with E-state index in [1.165, 1.54) is 7.11 Å². The number of methoxy groups -OCH3 is 2. The number of nitrogens with zero attached hydrogens (tertiary/aromatic N) is 2. The molecule has 1 heterocycles. The van der Waals surface area contributed by atoms with Crippen molar-refractivity contribution in [3.8, 4) is 22.9 Å². The quantitative estimate of drug-likeness (QED) is 0.588. The Bertz CT molecular complexity index is 978. The first-order valence-electron chi connectivity index (χ1n) is 9.11. The summed E-state index contributed by atoms with van der Waals surface area (Å²) in [6.07, 6.45) is 2.01. The van der Waals surface area contributed by atoms with Gasteiger partial charge < -0.3 is 19.9 Å². The molecule has 0 aliphatic carbocycles. The number of para-hydroxylation sites is 2. The van der Waals surface area contributed by atoms with E-state index in [0.717, 1.165) is 11.1 Å². The van der Waals surface area contributed by atoms with Gasteiger partial charge in [-0.2, -0.15) is 0 Å². The Morgan fingerprint density at radius 3 is 2.52 bits per heavy atom. The van der Waals surface area contributed by atoms with Gasteiger partial charge in [-0.1, -0.05) is 30.3 Å². The van der Waals surface area contributed by atoms with Gasteiger partial charge in [-0.3, -0.25) is 4.79 Å². The number of nitrogens with two attached hydrogens (primary N) is 1. The zero-order valence-electron chi connectivity index (χ0n) is 16.4. The van der Waals surface area contributed by atoms with Gasteiger partial charge in [0.1, 0.15) is 24.1 Å². The summed E-state index contributed by atoms with van der Waals surface area (Å²) in [7, 11) is 2.93. The lowest BCUT2D eigenvalue weighted by Crippen LogP contribution is -2.33. The molecule has 0 aliphatic heterocycles. The van der Waals surface area contributed by atoms with Crippen molar-refractivity contribution < 1.29 is 19.0 Å². The number of ether oxygens (including phenoxy) is 3. The lowest BCUT2D eigenvalue weighted by molar-refractivity contribution is -0.142. The van der Waals surface area contributed by atoms with Crippen LogP contribution in [0.25, 0.3) is 11.4 Å². The van der Waals surface area contributed by atoms with E-state index in [9.17, 15) is 4.79 Å². The molecule has 0 spiro atoms. The standard InChI is InChI=1S/C22H23N3O4/c1-27-20-10-6-4-8-17(20)21-24-12-11-16(25-21)14-29-19-9-5-3-7-15(19)13-18(23)22(26)28-2/h3-12,18H,13-14,23H2,1-2H3/t18-/m0/s1. The molecule has 0 unspecified atom stereocenters. The van der Waals surface area contributed by atoms with Crippen molar-refractivity contribution in [1.82, 2.24) is 9.97 Å². The van der Waals surface area contributed by atoms with Gasteiger partial charge >= 0.3 is 5.97 Å². The zero-order valence-corrected chi connectivity index (χ0v) is 16.4. The SMILES string of the molecule is COC(=O)[C@@H](N)Cc1ccccc1OCc1ccnc(-c2ccccc2OC)n1. The zero-order chi connectivity index (χ0) is 20.6. The minimum atomic E-state index is -0.749. The van der Waals surface area contributed by atoms with E-state index in [0.29, 0.717) is 29.4 Å². The molecular weight excluding hydrogens is 370 g/mol. The van der Waals surface area contributed by atoms with Crippen molar-refractivity contribution >= 4 is 5.97 Å². The summed E-state index contributed by atoms with van der Waals surface area (Å²) < 4.78 is 16.0. The fourth-order valence-electron chi connectivity index (χ4n) is 2.87. The predicted molar refractivity (Wildman–Crippen MR) is 108 cm³/mol. The molecular formula is C22H23N3O4. The second-order valence-corrected chi connectivity index (χ2v) is 6.30. The summed E-state index contributed by atoms with van der Waals surface area (Å²) in [5, 5.41) is 0. The normalized spacial score (nSPS) is 11.6. The van der Waals surface area contributed by atoms with Crippen molar-refractivity contribution in [3.05, 3.63) is 72.1 Å². The molecule has 150 valence electrons. The molecule has 0 saturated carbocycles. The van der Waals surface area contributed by atoms with E-state index < -0.39 is 12.0 Å². The number of carbonyl (C=O) groups is 1. The van der Waals surface area contributed by atoms with Gasteiger partial charge in [-0.25, -0.2) is 9.97 Å². The van der Waals surface area contributed by atoms with E-state index in [1.807, 2.05) is 48.5 Å². The summed E-state index contributed by atoms with van der Waals surface area (Å²) in [6, 6.07) is 16.1. The third-order valence-electron chi connectivity index (χ3n) is 4.35. The fourth-order valence-corrected chi connectivity index (χ4v) is 2.87. The molecule has 3 aromatic rings. The Hall–Kier alpha value is -3.45. The lowest BCUT2D eigenvalue weighted by atomic mass is 10.1. The van der Waals surface area contributed by atoms with E-state index in [1.54, 1.807) is 19.4 Å². The Morgan fingerprint density at radius 2 is 1.76 bits per heavy atom. The summed E-state index contributed by atoms with van der Waals surface area (Å²) in [4.78, 5) is 20.5. The van der Waals surface area contributed by atoms with Gasteiger partial charge in [0.05, 0.1) is 25.5 Å². The van der Waals surface area contributed by atoms with E-state index >= 15 is 0 Å². The van der Waals surface area contributed by atoms with Crippen LogP contribution in [0.5, 0.6) is 11.5 Å². The third kappa shape index (κ3) is 5.08. The largest absolute Gasteiger partial charge is 0.496 e. The first kappa shape index (κ1) is 20.3. The summed E-state index contributed by atoms with van der Waals surface area (Å²) in [6.45, 7) is 0.245. The summed E-state index contributed by atoms with van der Waals surface area (Å²) in [5.74, 6) is 1.44. The average molecular weight is 393 g/mol. The number of carbonyl (C=O) groups excluding carboxylic acids is 1. The second kappa shape index (κ2) is 9.66. The summed E-state index contributed by atoms with van der Waals surface area (Å²) in [5.41, 5.74) is 8.23. The number of esters is 1. The highest BCUT2D eigenvalue weighted by molar-refractivity contribution is 5.75. The molecule has 0 bridgehead atoms. The number of hydrogen-bond acceptors (Lipinski definition) is 7. The Kier molecular flexibility index (Phi) is 6.76. The molecule has 7 heteroatoms. The molecule has 0 saturated heterocycles. The molecule has 0 radical (unpaired) electrons. The first-order chi connectivity index (χ1) is 14.1. The molecule has 2 aromatic carbocycles. The maximum absolute atomic E-state index is 11.6. The van der Waals surface area contributed by atoms with Crippen LogP contribution in [0.15, 0.2) is 60.8 Å². The number of benzene rings is 2. The maximum atomic E-state index is 11.6. The van der Waals surface area contributed by atoms with Crippen LogP contribution in [-0.2, 0) is 22.6 Å². The van der Waals surface area contributed by atoms with Crippen molar-refractivity contribution in [2.45, 2.75) is 19.1 Å². The van der Waals surface area contributed by atoms with Gasteiger partial charge in [-0.05, 0) is 29.8 Å². The van der Waals surface area contributed by atoms with Crippen LogP contribution in [0.1, 0.15) is 11.3 Å². The summed E-state index contributed by atoms with van der Waals surface area (Å²) >= 11 is 0. The molecule has 2 N–H and O–H groups in total. The number of aromatic nitrogens is 2. The van der Waals surface area contributed by atoms with Gasteiger partial charge in [0.2, 0.25) is 0 Å². The fraction of sp³-hybridized carbons (Fsp3) is 0.227. The maximum Gasteiger partial charge on any atom is 0.322 e. The van der Waals surface area contributed by atoms with Crippen molar-refractivity contribution in [2.75, 3.05) is 14.2 Å². The molecule has 0 aliphatic rings. The molecule has 7 nitrogen and oxygen atoms in total. The Morgan fingerprint density at radius 1 is 1.03 bits per heavy atom. The van der Waals surface area contributed by atoms with Crippen LogP contribution in [0, 0.1) is 0 Å². The average Bonchev–Trinajstić information content (AvgIpc) is 2.78. The van der Waals surface area contributed by atoms with Crippen molar-refractivity contribution in [1.29, 1.82) is 0 Å². The van der Waals surface area contributed by atoms with Crippen LogP contribution >= 0.6 is 0 Å². The van der Waals surface area contributed by atoms with Crippen LogP contribution in [0.4, 0.5) is 0 Å². The smallest absolute Gasteiger partial charge is 0.322 e. The predicted octanol–water partition coefficient (Wildman–Crippen LogP) is 2.77. The minimum absolute atomic E-state index is 0.245. The Labute approximate surface area is 169 Å². The Balaban J connectivity index is 1.75. The van der Waals surface area contributed by atoms with Gasteiger partial charge in [0.25, 0.3) is 0 Å². The van der Waals surface area contributed by atoms with E-state index in [4.69, 9.17) is 19.9 Å². The second-order valence-electron chi connectivity index (χ2n) is 6.30. The van der Waals surface area contributed by atoms with Gasteiger partial charge in [-0.15, -0.1) is 0 Å². The van der Waals surface area contributed by atoms with E-state index in [-0.39, 0.29) is 6.61 Å². The van der Waals surface area contributed by atoms with Crippen molar-refractivity contribution in [3.63, 3.8) is 0 Å². The molecule has 3 rings (SSSR count). The first-order valence-corrected chi connectivity index (χ1v) is 9.11. The van der Waals surface area contributed by atoms with E-state index in [2.05, 4.69) is 9.97 Å². The number of hydrogen-bond donors (Lipinski definition) is 1. The minimum Gasteiger partial charge on any atom is -0.496 e. The van der Waals surface area contributed by atoms with Gasteiger partial charge in [0, 0.05) is 12.6 Å².